The molecule has 1 N–H and O–H groups in total. The van der Waals surface area contributed by atoms with Crippen LogP contribution in [0.5, 0.6) is 0 Å². The van der Waals surface area contributed by atoms with Crippen LogP contribution in [-0.2, 0) is 16.0 Å². The number of carbonyl (C=O) groups excluding carboxylic acids is 2. The molecule has 0 aliphatic carbocycles. The van der Waals surface area contributed by atoms with Crippen LogP contribution in [0.2, 0.25) is 0 Å². The highest BCUT2D eigenvalue weighted by Gasteiger charge is 2.28. The lowest BCUT2D eigenvalue weighted by molar-refractivity contribution is -0.135. The molecule has 1 atom stereocenters. The number of hydrogen-bond donors (Lipinski definition) is 1. The molecule has 2 aliphatic heterocycles. The Kier molecular flexibility index (Phi) is 7.85. The lowest BCUT2D eigenvalue weighted by Gasteiger charge is -2.31. The zero-order valence-electron chi connectivity index (χ0n) is 18.5. The average Bonchev–Trinajstić information content (AvgIpc) is 3.31. The normalized spacial score (nSPS) is 19.2. The summed E-state index contributed by atoms with van der Waals surface area (Å²) in [5.74, 6) is 0.863. The molecule has 1 unspecified atom stereocenters. The number of aryl methyl sites for hydroxylation is 1. The fraction of sp³-hybridized carbons (Fsp3) is 0.462. The van der Waals surface area contributed by atoms with Gasteiger partial charge in [-0.25, -0.2) is 0 Å². The summed E-state index contributed by atoms with van der Waals surface area (Å²) in [5.41, 5.74) is 2.43. The Morgan fingerprint density at radius 1 is 0.969 bits per heavy atom. The van der Waals surface area contributed by atoms with E-state index in [9.17, 15) is 9.59 Å². The fourth-order valence-corrected chi connectivity index (χ4v) is 5.13. The first kappa shape index (κ1) is 22.8. The van der Waals surface area contributed by atoms with Crippen molar-refractivity contribution < 1.29 is 9.59 Å². The number of nitrogens with one attached hydrogen (secondary N) is 1. The molecule has 4 rings (SSSR count). The molecule has 5 nitrogen and oxygen atoms in total. The maximum Gasteiger partial charge on any atom is 0.223 e. The van der Waals surface area contributed by atoms with Crippen molar-refractivity contribution in [2.75, 3.05) is 37.6 Å². The number of piperidine rings is 1. The number of anilines is 1. The van der Waals surface area contributed by atoms with E-state index in [1.807, 2.05) is 29.2 Å². The lowest BCUT2D eigenvalue weighted by atomic mass is 9.95. The molecule has 170 valence electrons. The molecule has 2 aromatic rings. The Balaban J connectivity index is 1.15. The third kappa shape index (κ3) is 6.12. The van der Waals surface area contributed by atoms with Crippen LogP contribution in [0.4, 0.5) is 5.69 Å². The van der Waals surface area contributed by atoms with Gasteiger partial charge in [0.1, 0.15) is 0 Å². The highest BCUT2D eigenvalue weighted by atomic mass is 79.9. The van der Waals surface area contributed by atoms with Gasteiger partial charge in [0, 0.05) is 55.2 Å². The minimum atomic E-state index is 0.0239. The third-order valence-corrected chi connectivity index (χ3v) is 7.21. The summed E-state index contributed by atoms with van der Waals surface area (Å²) >= 11 is 3.54. The molecule has 6 heteroatoms. The second kappa shape index (κ2) is 11.0. The molecule has 0 saturated carbocycles. The van der Waals surface area contributed by atoms with Crippen molar-refractivity contribution in [3.05, 3.63) is 64.6 Å². The molecule has 0 spiro atoms. The van der Waals surface area contributed by atoms with E-state index in [2.05, 4.69) is 56.5 Å². The van der Waals surface area contributed by atoms with Crippen LogP contribution in [0.25, 0.3) is 0 Å². The van der Waals surface area contributed by atoms with E-state index in [1.165, 1.54) is 11.3 Å². The number of likely N-dealkylation sites (tertiary alicyclic amines) is 1. The van der Waals surface area contributed by atoms with Crippen LogP contribution in [-0.4, -0.2) is 49.4 Å². The summed E-state index contributed by atoms with van der Waals surface area (Å²) < 4.78 is 1.09. The fourth-order valence-electron chi connectivity index (χ4n) is 4.74. The highest BCUT2D eigenvalue weighted by molar-refractivity contribution is 9.10. The van der Waals surface area contributed by atoms with Crippen LogP contribution in [0.3, 0.4) is 0 Å². The first-order valence-corrected chi connectivity index (χ1v) is 12.5. The van der Waals surface area contributed by atoms with Gasteiger partial charge in [-0.05, 0) is 55.4 Å². The Labute approximate surface area is 199 Å². The Hall–Kier alpha value is -2.34. The minimum absolute atomic E-state index is 0.0239. The quantitative estimate of drug-likeness (QED) is 0.621. The maximum absolute atomic E-state index is 12.7. The van der Waals surface area contributed by atoms with E-state index in [0.29, 0.717) is 25.4 Å². The molecule has 32 heavy (non-hydrogen) atoms. The molecule has 0 radical (unpaired) electrons. The molecule has 0 bridgehead atoms. The summed E-state index contributed by atoms with van der Waals surface area (Å²) in [6.45, 7) is 4.11. The van der Waals surface area contributed by atoms with Gasteiger partial charge < -0.3 is 15.1 Å². The van der Waals surface area contributed by atoms with Crippen LogP contribution in [0.1, 0.15) is 31.2 Å². The number of rotatable bonds is 7. The first-order chi connectivity index (χ1) is 15.6. The second-order valence-corrected chi connectivity index (χ2v) is 9.88. The molecule has 2 aromatic carbocycles. The van der Waals surface area contributed by atoms with Gasteiger partial charge >= 0.3 is 0 Å². The maximum atomic E-state index is 12.7. The van der Waals surface area contributed by atoms with E-state index in [1.54, 1.807) is 0 Å². The molecule has 2 saturated heterocycles. The molecule has 2 aliphatic rings. The van der Waals surface area contributed by atoms with Crippen LogP contribution >= 0.6 is 15.9 Å². The van der Waals surface area contributed by atoms with Crippen molar-refractivity contribution in [3.8, 4) is 0 Å². The Bertz CT molecular complexity index is 912. The largest absolute Gasteiger partial charge is 0.371 e. The van der Waals surface area contributed by atoms with Crippen molar-refractivity contribution in [1.82, 2.24) is 10.2 Å². The van der Waals surface area contributed by atoms with E-state index in [4.69, 9.17) is 0 Å². The Morgan fingerprint density at radius 3 is 2.50 bits per heavy atom. The van der Waals surface area contributed by atoms with E-state index in [0.717, 1.165) is 49.8 Å². The predicted molar refractivity (Wildman–Crippen MR) is 132 cm³/mol. The third-order valence-electron chi connectivity index (χ3n) is 6.71. The van der Waals surface area contributed by atoms with Gasteiger partial charge in [-0.3, -0.25) is 9.59 Å². The summed E-state index contributed by atoms with van der Waals surface area (Å²) in [7, 11) is 0. The standard InChI is InChI=1S/C26H32BrN3O2/c27-23-7-4-8-24(17-23)30-14-11-21(19-30)18-28-26(32)22-12-15-29(16-13-22)25(31)10-9-20-5-2-1-3-6-20/h1-8,17,21-22H,9-16,18-19H2,(H,28,32). The van der Waals surface area contributed by atoms with Crippen molar-refractivity contribution >= 4 is 33.4 Å². The number of carbonyl (C=O) groups is 2. The summed E-state index contributed by atoms with van der Waals surface area (Å²) in [6.07, 6.45) is 3.94. The average molecular weight is 498 g/mol. The van der Waals surface area contributed by atoms with Crippen molar-refractivity contribution in [2.24, 2.45) is 11.8 Å². The molecule has 2 heterocycles. The van der Waals surface area contributed by atoms with Crippen molar-refractivity contribution in [1.29, 1.82) is 0 Å². The second-order valence-electron chi connectivity index (χ2n) is 8.97. The number of nitrogens with zero attached hydrogens (tertiary/aromatic N) is 2. The molecular formula is C26H32BrN3O2. The van der Waals surface area contributed by atoms with Gasteiger partial charge in [0.25, 0.3) is 0 Å². The van der Waals surface area contributed by atoms with E-state index >= 15 is 0 Å². The number of benzene rings is 2. The van der Waals surface area contributed by atoms with Gasteiger partial charge in [0.15, 0.2) is 0 Å². The van der Waals surface area contributed by atoms with Gasteiger partial charge in [-0.2, -0.15) is 0 Å². The summed E-state index contributed by atoms with van der Waals surface area (Å²) in [6, 6.07) is 18.5. The van der Waals surface area contributed by atoms with E-state index < -0.39 is 0 Å². The van der Waals surface area contributed by atoms with Gasteiger partial charge in [0.2, 0.25) is 11.8 Å². The predicted octanol–water partition coefficient (Wildman–Crippen LogP) is 4.26. The van der Waals surface area contributed by atoms with Crippen molar-refractivity contribution in [3.63, 3.8) is 0 Å². The minimum Gasteiger partial charge on any atom is -0.371 e. The number of halogens is 1. The van der Waals surface area contributed by atoms with E-state index in [-0.39, 0.29) is 17.7 Å². The summed E-state index contributed by atoms with van der Waals surface area (Å²) in [5, 5.41) is 3.19. The first-order valence-electron chi connectivity index (χ1n) is 11.7. The number of amides is 2. The van der Waals surface area contributed by atoms with Gasteiger partial charge in [-0.15, -0.1) is 0 Å². The monoisotopic (exact) mass is 497 g/mol. The summed E-state index contributed by atoms with van der Waals surface area (Å²) in [4.78, 5) is 29.6. The van der Waals surface area contributed by atoms with Crippen molar-refractivity contribution in [2.45, 2.75) is 32.1 Å². The SMILES string of the molecule is O=C(NCC1CCN(c2cccc(Br)c2)C1)C1CCN(C(=O)CCc2ccccc2)CC1. The topological polar surface area (TPSA) is 52.7 Å². The smallest absolute Gasteiger partial charge is 0.223 e. The van der Waals surface area contributed by atoms with Crippen LogP contribution in [0, 0.1) is 11.8 Å². The zero-order valence-corrected chi connectivity index (χ0v) is 20.1. The molecular weight excluding hydrogens is 466 g/mol. The highest BCUT2D eigenvalue weighted by Crippen LogP contribution is 2.26. The Morgan fingerprint density at radius 2 is 1.75 bits per heavy atom. The van der Waals surface area contributed by atoms with Gasteiger partial charge in [0.05, 0.1) is 0 Å². The van der Waals surface area contributed by atoms with Gasteiger partial charge in [-0.1, -0.05) is 52.3 Å². The van der Waals surface area contributed by atoms with Crippen LogP contribution < -0.4 is 10.2 Å². The molecule has 0 aromatic heterocycles. The lowest BCUT2D eigenvalue weighted by Crippen LogP contribution is -2.44. The zero-order chi connectivity index (χ0) is 22.3. The molecule has 2 amide bonds. The van der Waals surface area contributed by atoms with Crippen LogP contribution in [0.15, 0.2) is 59.1 Å². The number of hydrogen-bond acceptors (Lipinski definition) is 3. The molecule has 2 fully saturated rings.